The Morgan fingerprint density at radius 1 is 1.47 bits per heavy atom. The molecule has 1 aromatic carbocycles. The van der Waals surface area contributed by atoms with E-state index in [2.05, 4.69) is 6.07 Å². The van der Waals surface area contributed by atoms with E-state index in [4.69, 9.17) is 5.26 Å². The number of hydrogen-bond donors (Lipinski definition) is 0. The van der Waals surface area contributed by atoms with Gasteiger partial charge in [-0.2, -0.15) is 5.26 Å². The molecule has 0 aliphatic carbocycles. The zero-order valence-electron chi connectivity index (χ0n) is 10.4. The van der Waals surface area contributed by atoms with E-state index in [1.165, 1.54) is 0 Å². The number of benzene rings is 1. The van der Waals surface area contributed by atoms with Crippen molar-refractivity contribution in [1.82, 2.24) is 0 Å². The molecule has 0 radical (unpaired) electrons. The number of carbonyl (C=O) groups is 1. The van der Waals surface area contributed by atoms with Crippen molar-refractivity contribution in [3.8, 4) is 6.07 Å². The topological polar surface area (TPSA) is 44.1 Å². The Hall–Kier alpha value is -1.82. The van der Waals surface area contributed by atoms with Crippen molar-refractivity contribution in [2.24, 2.45) is 0 Å². The number of fused-ring (bicyclic) bond motifs is 1. The van der Waals surface area contributed by atoms with Crippen LogP contribution in [-0.4, -0.2) is 13.0 Å². The highest BCUT2D eigenvalue weighted by Gasteiger charge is 2.46. The molecule has 1 aromatic rings. The molecule has 1 unspecified atom stereocenters. The number of rotatable bonds is 2. The van der Waals surface area contributed by atoms with Crippen LogP contribution in [0.1, 0.15) is 30.9 Å². The maximum absolute atomic E-state index is 12.4. The molecule has 1 aliphatic rings. The first kappa shape index (κ1) is 11.7. The molecule has 1 amide bonds. The minimum Gasteiger partial charge on any atom is -0.314 e. The molecule has 0 spiro atoms. The highest BCUT2D eigenvalue weighted by molar-refractivity contribution is 6.07. The zero-order chi connectivity index (χ0) is 12.6. The summed E-state index contributed by atoms with van der Waals surface area (Å²) in [4.78, 5) is 14.1. The van der Waals surface area contributed by atoms with E-state index in [9.17, 15) is 4.79 Å². The van der Waals surface area contributed by atoms with Gasteiger partial charge in [-0.1, -0.05) is 12.1 Å². The standard InChI is InChI=1S/C14H16N2O/c1-10-6-4-7-11-12(10)14(2,8-5-9-15)13(17)16(11)3/h4,6-7H,5,8H2,1-3H3. The summed E-state index contributed by atoms with van der Waals surface area (Å²) in [6.07, 6.45) is 0.994. The van der Waals surface area contributed by atoms with Gasteiger partial charge < -0.3 is 4.90 Å². The third-order valence-corrected chi connectivity index (χ3v) is 3.68. The van der Waals surface area contributed by atoms with Crippen molar-refractivity contribution in [2.45, 2.75) is 32.1 Å². The van der Waals surface area contributed by atoms with Crippen molar-refractivity contribution in [1.29, 1.82) is 5.26 Å². The molecule has 0 fully saturated rings. The van der Waals surface area contributed by atoms with Crippen LogP contribution in [0.3, 0.4) is 0 Å². The van der Waals surface area contributed by atoms with Gasteiger partial charge in [-0.25, -0.2) is 0 Å². The van der Waals surface area contributed by atoms with Gasteiger partial charge in [-0.3, -0.25) is 4.79 Å². The molecule has 17 heavy (non-hydrogen) atoms. The number of likely N-dealkylation sites (N-methyl/N-ethyl adjacent to an activating group) is 1. The first-order chi connectivity index (χ1) is 8.02. The summed E-state index contributed by atoms with van der Waals surface area (Å²) in [5, 5.41) is 8.74. The Labute approximate surface area is 102 Å². The third kappa shape index (κ3) is 1.52. The fourth-order valence-electron chi connectivity index (χ4n) is 2.77. The molecular formula is C14H16N2O. The van der Waals surface area contributed by atoms with E-state index in [-0.39, 0.29) is 5.91 Å². The molecule has 0 N–H and O–H groups in total. The SMILES string of the molecule is Cc1cccc2c1C(C)(CCC#N)C(=O)N2C. The Morgan fingerprint density at radius 3 is 2.82 bits per heavy atom. The summed E-state index contributed by atoms with van der Waals surface area (Å²) in [5.41, 5.74) is 2.66. The number of carbonyl (C=O) groups excluding carboxylic acids is 1. The third-order valence-electron chi connectivity index (χ3n) is 3.68. The summed E-state index contributed by atoms with van der Waals surface area (Å²) in [6, 6.07) is 8.09. The summed E-state index contributed by atoms with van der Waals surface area (Å²) >= 11 is 0. The van der Waals surface area contributed by atoms with Crippen LogP contribution < -0.4 is 4.90 Å². The predicted molar refractivity (Wildman–Crippen MR) is 66.8 cm³/mol. The average molecular weight is 228 g/mol. The average Bonchev–Trinajstić information content (AvgIpc) is 2.51. The van der Waals surface area contributed by atoms with Crippen LogP contribution in [0.2, 0.25) is 0 Å². The summed E-state index contributed by atoms with van der Waals surface area (Å²) < 4.78 is 0. The fraction of sp³-hybridized carbons (Fsp3) is 0.429. The van der Waals surface area contributed by atoms with E-state index in [0.29, 0.717) is 12.8 Å². The molecule has 1 aliphatic heterocycles. The molecule has 0 aromatic heterocycles. The van der Waals surface area contributed by atoms with Crippen molar-refractivity contribution < 1.29 is 4.79 Å². The van der Waals surface area contributed by atoms with Crippen molar-refractivity contribution >= 4 is 11.6 Å². The molecule has 0 saturated carbocycles. The van der Waals surface area contributed by atoms with Gasteiger partial charge in [0.05, 0.1) is 11.5 Å². The second-order valence-corrected chi connectivity index (χ2v) is 4.82. The lowest BCUT2D eigenvalue weighted by atomic mass is 9.78. The number of amides is 1. The van der Waals surface area contributed by atoms with Crippen molar-refractivity contribution in [3.63, 3.8) is 0 Å². The fourth-order valence-corrected chi connectivity index (χ4v) is 2.77. The van der Waals surface area contributed by atoms with E-state index in [0.717, 1.165) is 16.8 Å². The predicted octanol–water partition coefficient (Wildman–Crippen LogP) is 2.53. The number of nitriles is 1. The quantitative estimate of drug-likeness (QED) is 0.780. The van der Waals surface area contributed by atoms with Crippen molar-refractivity contribution in [3.05, 3.63) is 29.3 Å². The second-order valence-electron chi connectivity index (χ2n) is 4.82. The Kier molecular flexibility index (Phi) is 2.66. The van der Waals surface area contributed by atoms with Crippen LogP contribution in [0.25, 0.3) is 0 Å². The largest absolute Gasteiger partial charge is 0.314 e. The van der Waals surface area contributed by atoms with Crippen LogP contribution in [0.4, 0.5) is 5.69 Å². The number of nitrogens with zero attached hydrogens (tertiary/aromatic N) is 2. The second kappa shape index (κ2) is 3.89. The van der Waals surface area contributed by atoms with Gasteiger partial charge in [0.2, 0.25) is 5.91 Å². The summed E-state index contributed by atoms with van der Waals surface area (Å²) in [5.74, 6) is 0.0945. The van der Waals surface area contributed by atoms with Gasteiger partial charge in [0, 0.05) is 19.2 Å². The highest BCUT2D eigenvalue weighted by atomic mass is 16.2. The lowest BCUT2D eigenvalue weighted by Crippen LogP contribution is -2.36. The minimum atomic E-state index is -0.537. The Balaban J connectivity index is 2.58. The molecule has 3 nitrogen and oxygen atoms in total. The van der Waals surface area contributed by atoms with Gasteiger partial charge >= 0.3 is 0 Å². The van der Waals surface area contributed by atoms with Crippen molar-refractivity contribution in [2.75, 3.05) is 11.9 Å². The zero-order valence-corrected chi connectivity index (χ0v) is 10.4. The lowest BCUT2D eigenvalue weighted by Gasteiger charge is -2.23. The lowest BCUT2D eigenvalue weighted by molar-refractivity contribution is -0.122. The Bertz CT molecular complexity index is 515. The number of anilines is 1. The molecule has 0 saturated heterocycles. The van der Waals surface area contributed by atoms with E-state index < -0.39 is 5.41 Å². The number of hydrogen-bond acceptors (Lipinski definition) is 2. The van der Waals surface area contributed by atoms with Gasteiger partial charge in [0.1, 0.15) is 0 Å². The highest BCUT2D eigenvalue weighted by Crippen LogP contribution is 2.45. The monoisotopic (exact) mass is 228 g/mol. The molecular weight excluding hydrogens is 212 g/mol. The van der Waals surface area contributed by atoms with Gasteiger partial charge in [0.15, 0.2) is 0 Å². The van der Waals surface area contributed by atoms with E-state index >= 15 is 0 Å². The van der Waals surface area contributed by atoms with Crippen LogP contribution in [-0.2, 0) is 10.2 Å². The molecule has 3 heteroatoms. The molecule has 1 atom stereocenters. The van der Waals surface area contributed by atoms with Crippen LogP contribution in [0, 0.1) is 18.3 Å². The normalized spacial score (nSPS) is 22.5. The van der Waals surface area contributed by atoms with E-state index in [1.807, 2.05) is 32.0 Å². The van der Waals surface area contributed by atoms with Crippen LogP contribution in [0.15, 0.2) is 18.2 Å². The maximum atomic E-state index is 12.4. The number of aryl methyl sites for hydroxylation is 1. The minimum absolute atomic E-state index is 0.0945. The first-order valence-electron chi connectivity index (χ1n) is 5.77. The maximum Gasteiger partial charge on any atom is 0.237 e. The van der Waals surface area contributed by atoms with Gasteiger partial charge in [-0.15, -0.1) is 0 Å². The molecule has 0 bridgehead atoms. The smallest absolute Gasteiger partial charge is 0.237 e. The van der Waals surface area contributed by atoms with E-state index in [1.54, 1.807) is 11.9 Å². The Morgan fingerprint density at radius 2 is 2.18 bits per heavy atom. The van der Waals surface area contributed by atoms with Gasteiger partial charge in [-0.05, 0) is 37.5 Å². The molecule has 1 heterocycles. The molecule has 2 rings (SSSR count). The first-order valence-corrected chi connectivity index (χ1v) is 5.77. The van der Waals surface area contributed by atoms with Crippen LogP contribution in [0.5, 0.6) is 0 Å². The summed E-state index contributed by atoms with van der Waals surface area (Å²) in [7, 11) is 1.80. The summed E-state index contributed by atoms with van der Waals surface area (Å²) in [6.45, 7) is 3.97. The van der Waals surface area contributed by atoms with Gasteiger partial charge in [0.25, 0.3) is 0 Å². The van der Waals surface area contributed by atoms with Crippen LogP contribution >= 0.6 is 0 Å². The molecule has 88 valence electrons.